The van der Waals surface area contributed by atoms with Gasteiger partial charge in [0.05, 0.1) is 12.0 Å². The number of hydrogen-bond acceptors (Lipinski definition) is 2. The third-order valence-electron chi connectivity index (χ3n) is 2.80. The number of hydrogen-bond donors (Lipinski definition) is 0. The minimum atomic E-state index is -4.44. The van der Waals surface area contributed by atoms with E-state index in [-0.39, 0.29) is 0 Å². The Balaban J connectivity index is 1.99. The molecule has 0 atom stereocenters. The van der Waals surface area contributed by atoms with Gasteiger partial charge in [-0.3, -0.25) is 0 Å². The molecule has 0 radical (unpaired) electrons. The molecule has 0 saturated carbocycles. The fraction of sp³-hybridized carbons (Fsp3) is 0.0714. The largest absolute Gasteiger partial charge is 0.464 e. The van der Waals surface area contributed by atoms with E-state index in [0.29, 0.717) is 11.4 Å². The molecule has 0 saturated heterocycles. The molecule has 102 valence electrons. The normalized spacial score (nSPS) is 11.8. The smallest absolute Gasteiger partial charge is 0.435 e. The van der Waals surface area contributed by atoms with Crippen molar-refractivity contribution in [2.45, 2.75) is 6.18 Å². The lowest BCUT2D eigenvalue weighted by molar-refractivity contribution is -0.141. The maximum absolute atomic E-state index is 12.5. The molecule has 0 amide bonds. The second-order valence-corrected chi connectivity index (χ2v) is 4.17. The predicted octanol–water partition coefficient (Wildman–Crippen LogP) is 4.15. The number of alkyl halides is 3. The number of aromatic nitrogens is 2. The summed E-state index contributed by atoms with van der Waals surface area (Å²) in [5, 5.41) is 3.54. The molecular weight excluding hydrogens is 269 g/mol. The highest BCUT2D eigenvalue weighted by Crippen LogP contribution is 2.28. The highest BCUT2D eigenvalue weighted by atomic mass is 19.4. The van der Waals surface area contributed by atoms with E-state index in [1.165, 1.54) is 17.1 Å². The Kier molecular flexibility index (Phi) is 2.85. The summed E-state index contributed by atoms with van der Waals surface area (Å²) in [4.78, 5) is 0. The Labute approximate surface area is 112 Å². The van der Waals surface area contributed by atoms with Gasteiger partial charge in [-0.05, 0) is 30.3 Å². The van der Waals surface area contributed by atoms with Crippen molar-refractivity contribution in [2.24, 2.45) is 0 Å². The summed E-state index contributed by atoms with van der Waals surface area (Å²) in [5.74, 6) is 0.648. The first-order valence-corrected chi connectivity index (χ1v) is 5.81. The van der Waals surface area contributed by atoms with Crippen molar-refractivity contribution in [1.29, 1.82) is 0 Å². The SMILES string of the molecule is FC(F)(F)c1ccn(-c2cccc(-c3ccco3)c2)n1. The number of halogens is 3. The quantitative estimate of drug-likeness (QED) is 0.705. The average molecular weight is 278 g/mol. The van der Waals surface area contributed by atoms with Gasteiger partial charge in [-0.15, -0.1) is 0 Å². The van der Waals surface area contributed by atoms with Crippen LogP contribution >= 0.6 is 0 Å². The molecule has 0 fully saturated rings. The first-order chi connectivity index (χ1) is 9.54. The first kappa shape index (κ1) is 12.5. The van der Waals surface area contributed by atoms with Crippen LogP contribution in [-0.4, -0.2) is 9.78 Å². The molecule has 0 aliphatic carbocycles. The van der Waals surface area contributed by atoms with Crippen LogP contribution in [0.5, 0.6) is 0 Å². The number of nitrogens with zero attached hydrogens (tertiary/aromatic N) is 2. The third-order valence-corrected chi connectivity index (χ3v) is 2.80. The molecule has 6 heteroatoms. The molecule has 2 aromatic heterocycles. The van der Waals surface area contributed by atoms with E-state index in [1.807, 2.05) is 6.07 Å². The third kappa shape index (κ3) is 2.32. The molecule has 0 bridgehead atoms. The molecule has 2 heterocycles. The number of rotatable bonds is 2. The fourth-order valence-electron chi connectivity index (χ4n) is 1.86. The molecule has 0 unspecified atom stereocenters. The Hall–Kier alpha value is -2.50. The Morgan fingerprint density at radius 3 is 2.55 bits per heavy atom. The van der Waals surface area contributed by atoms with E-state index in [9.17, 15) is 13.2 Å². The van der Waals surface area contributed by atoms with Gasteiger partial charge < -0.3 is 4.42 Å². The zero-order valence-electron chi connectivity index (χ0n) is 10.1. The number of furan rings is 1. The van der Waals surface area contributed by atoms with Gasteiger partial charge in [-0.1, -0.05) is 12.1 Å². The molecule has 0 aliphatic heterocycles. The van der Waals surface area contributed by atoms with Crippen molar-refractivity contribution in [3.8, 4) is 17.0 Å². The summed E-state index contributed by atoms with van der Waals surface area (Å²) < 4.78 is 44.0. The molecule has 3 nitrogen and oxygen atoms in total. The molecular formula is C14H9F3N2O. The summed E-state index contributed by atoms with van der Waals surface area (Å²) in [7, 11) is 0. The van der Waals surface area contributed by atoms with E-state index in [1.54, 1.807) is 30.3 Å². The van der Waals surface area contributed by atoms with Crippen molar-refractivity contribution in [3.05, 3.63) is 60.6 Å². The van der Waals surface area contributed by atoms with Crippen LogP contribution in [0.15, 0.2) is 59.3 Å². The van der Waals surface area contributed by atoms with Crippen LogP contribution in [0.3, 0.4) is 0 Å². The summed E-state index contributed by atoms with van der Waals surface area (Å²) in [5.41, 5.74) is 0.395. The summed E-state index contributed by atoms with van der Waals surface area (Å²) in [6, 6.07) is 11.4. The lowest BCUT2D eigenvalue weighted by Gasteiger charge is -2.04. The van der Waals surface area contributed by atoms with Crippen molar-refractivity contribution < 1.29 is 17.6 Å². The minimum Gasteiger partial charge on any atom is -0.464 e. The van der Waals surface area contributed by atoms with Gasteiger partial charge >= 0.3 is 6.18 Å². The van der Waals surface area contributed by atoms with Gasteiger partial charge in [0.15, 0.2) is 5.69 Å². The fourth-order valence-corrected chi connectivity index (χ4v) is 1.86. The van der Waals surface area contributed by atoms with Gasteiger partial charge in [0.2, 0.25) is 0 Å². The maximum atomic E-state index is 12.5. The highest BCUT2D eigenvalue weighted by Gasteiger charge is 2.33. The van der Waals surface area contributed by atoms with Gasteiger partial charge in [-0.25, -0.2) is 4.68 Å². The molecule has 3 rings (SSSR count). The van der Waals surface area contributed by atoms with E-state index in [4.69, 9.17) is 4.42 Å². The van der Waals surface area contributed by atoms with Crippen LogP contribution in [0, 0.1) is 0 Å². The van der Waals surface area contributed by atoms with Crippen LogP contribution in [-0.2, 0) is 6.18 Å². The summed E-state index contributed by atoms with van der Waals surface area (Å²) >= 11 is 0. The van der Waals surface area contributed by atoms with E-state index in [2.05, 4.69) is 5.10 Å². The van der Waals surface area contributed by atoms with E-state index < -0.39 is 11.9 Å². The standard InChI is InChI=1S/C14H9F3N2O/c15-14(16,17)13-6-7-19(18-13)11-4-1-3-10(9-11)12-5-2-8-20-12/h1-9H. The Bertz CT molecular complexity index is 714. The molecule has 0 aliphatic rings. The van der Waals surface area contributed by atoms with Gasteiger partial charge in [0.1, 0.15) is 5.76 Å². The van der Waals surface area contributed by atoms with Gasteiger partial charge in [0, 0.05) is 11.8 Å². The lowest BCUT2D eigenvalue weighted by atomic mass is 10.1. The Morgan fingerprint density at radius 2 is 1.90 bits per heavy atom. The first-order valence-electron chi connectivity index (χ1n) is 5.81. The summed E-state index contributed by atoms with van der Waals surface area (Å²) in [6.45, 7) is 0. The predicted molar refractivity (Wildman–Crippen MR) is 66.3 cm³/mol. The monoisotopic (exact) mass is 278 g/mol. The van der Waals surface area contributed by atoms with Crippen molar-refractivity contribution in [3.63, 3.8) is 0 Å². The number of benzene rings is 1. The van der Waals surface area contributed by atoms with E-state index in [0.717, 1.165) is 11.6 Å². The van der Waals surface area contributed by atoms with Crippen LogP contribution < -0.4 is 0 Å². The topological polar surface area (TPSA) is 31.0 Å². The zero-order chi connectivity index (χ0) is 14.2. The maximum Gasteiger partial charge on any atom is 0.435 e. The second-order valence-electron chi connectivity index (χ2n) is 4.17. The lowest BCUT2D eigenvalue weighted by Crippen LogP contribution is -2.07. The molecule has 20 heavy (non-hydrogen) atoms. The van der Waals surface area contributed by atoms with Crippen molar-refractivity contribution in [2.75, 3.05) is 0 Å². The molecule has 3 aromatic rings. The van der Waals surface area contributed by atoms with Crippen LogP contribution in [0.25, 0.3) is 17.0 Å². The minimum absolute atomic E-state index is 0.536. The zero-order valence-corrected chi connectivity index (χ0v) is 10.1. The molecule has 0 N–H and O–H groups in total. The van der Waals surface area contributed by atoms with Crippen LogP contribution in [0.2, 0.25) is 0 Å². The molecule has 0 spiro atoms. The van der Waals surface area contributed by atoms with E-state index >= 15 is 0 Å². The van der Waals surface area contributed by atoms with Crippen molar-refractivity contribution >= 4 is 0 Å². The second kappa shape index (κ2) is 4.56. The molecule has 1 aromatic carbocycles. The Morgan fingerprint density at radius 1 is 1.05 bits per heavy atom. The van der Waals surface area contributed by atoms with Gasteiger partial charge in [0.25, 0.3) is 0 Å². The van der Waals surface area contributed by atoms with Crippen LogP contribution in [0.4, 0.5) is 13.2 Å². The van der Waals surface area contributed by atoms with Gasteiger partial charge in [-0.2, -0.15) is 18.3 Å². The highest BCUT2D eigenvalue weighted by molar-refractivity contribution is 5.60. The summed E-state index contributed by atoms with van der Waals surface area (Å²) in [6.07, 6.45) is -1.62. The van der Waals surface area contributed by atoms with Crippen LogP contribution in [0.1, 0.15) is 5.69 Å². The average Bonchev–Trinajstić information content (AvgIpc) is 3.10. The van der Waals surface area contributed by atoms with Crippen molar-refractivity contribution in [1.82, 2.24) is 9.78 Å².